The molecule has 1 atom stereocenters. The predicted molar refractivity (Wildman–Crippen MR) is 99.6 cm³/mol. The lowest BCUT2D eigenvalue weighted by atomic mass is 9.98. The van der Waals surface area contributed by atoms with Crippen molar-refractivity contribution in [2.75, 3.05) is 7.05 Å². The summed E-state index contributed by atoms with van der Waals surface area (Å²) in [4.78, 5) is 14.5. The highest BCUT2D eigenvalue weighted by Crippen LogP contribution is 2.25. The van der Waals surface area contributed by atoms with E-state index in [2.05, 4.69) is 10.2 Å². The van der Waals surface area contributed by atoms with Crippen molar-refractivity contribution in [2.45, 2.75) is 59.1 Å². The Hall–Kier alpha value is -2.14. The Balaban J connectivity index is 2.09. The topological polar surface area (TPSA) is 69.2 Å². The molecule has 0 fully saturated rings. The van der Waals surface area contributed by atoms with Crippen LogP contribution in [0.5, 0.6) is 0 Å². The normalized spacial score (nSPS) is 12.9. The number of nitrogens with one attached hydrogen (secondary N) is 1. The van der Waals surface area contributed by atoms with Crippen LogP contribution in [-0.4, -0.2) is 38.8 Å². The zero-order valence-electron chi connectivity index (χ0n) is 16.1. The van der Waals surface area contributed by atoms with Crippen LogP contribution in [-0.2, 0) is 6.42 Å². The maximum absolute atomic E-state index is 12.8. The number of benzene rings is 1. The third-order valence-electron chi connectivity index (χ3n) is 4.73. The van der Waals surface area contributed by atoms with Crippen LogP contribution in [0, 0.1) is 13.8 Å². The van der Waals surface area contributed by atoms with E-state index in [-0.39, 0.29) is 11.9 Å². The molecule has 0 aliphatic rings. The molecule has 1 heterocycles. The molecule has 25 heavy (non-hydrogen) atoms. The zero-order valence-corrected chi connectivity index (χ0v) is 16.1. The van der Waals surface area contributed by atoms with E-state index in [9.17, 15) is 9.90 Å². The van der Waals surface area contributed by atoms with E-state index in [0.29, 0.717) is 12.0 Å². The Labute approximate surface area is 150 Å². The molecule has 136 valence electrons. The lowest BCUT2D eigenvalue weighted by molar-refractivity contribution is 0.0711. The molecule has 0 spiro atoms. The summed E-state index contributed by atoms with van der Waals surface area (Å²) in [6.45, 7) is 9.55. The highest BCUT2D eigenvalue weighted by Gasteiger charge is 2.23. The predicted octanol–water partition coefficient (Wildman–Crippen LogP) is 3.56. The fourth-order valence-corrected chi connectivity index (χ4v) is 3.01. The van der Waals surface area contributed by atoms with Crippen molar-refractivity contribution < 1.29 is 9.90 Å². The number of carbonyl (C=O) groups is 1. The van der Waals surface area contributed by atoms with Crippen LogP contribution in [0.3, 0.4) is 0 Å². The third-order valence-corrected chi connectivity index (χ3v) is 4.73. The molecule has 2 rings (SSSR count). The van der Waals surface area contributed by atoms with Gasteiger partial charge in [0, 0.05) is 23.9 Å². The van der Waals surface area contributed by atoms with Crippen LogP contribution in [0.1, 0.15) is 66.1 Å². The number of aryl methyl sites for hydroxylation is 3. The minimum Gasteiger partial charge on any atom is -0.390 e. The maximum Gasteiger partial charge on any atom is 0.254 e. The van der Waals surface area contributed by atoms with E-state index in [1.807, 2.05) is 52.1 Å². The fraction of sp³-hybridized carbons (Fsp3) is 0.500. The van der Waals surface area contributed by atoms with E-state index in [4.69, 9.17) is 0 Å². The van der Waals surface area contributed by atoms with Crippen LogP contribution in [0.4, 0.5) is 0 Å². The molecule has 0 aliphatic carbocycles. The number of aromatic amines is 1. The third kappa shape index (κ3) is 4.69. The number of amides is 1. The Bertz CT molecular complexity index is 707. The van der Waals surface area contributed by atoms with Gasteiger partial charge in [0.25, 0.3) is 5.91 Å². The number of rotatable bonds is 6. The summed E-state index contributed by atoms with van der Waals surface area (Å²) < 4.78 is 0. The second kappa shape index (κ2) is 7.40. The molecule has 2 aromatic rings. The smallest absolute Gasteiger partial charge is 0.254 e. The highest BCUT2D eigenvalue weighted by atomic mass is 16.3. The molecule has 0 aliphatic heterocycles. The molecule has 1 amide bonds. The molecule has 0 bridgehead atoms. The number of hydrogen-bond donors (Lipinski definition) is 2. The first kappa shape index (κ1) is 19.2. The molecular formula is C20H29N3O2. The van der Waals surface area contributed by atoms with Gasteiger partial charge in [0.2, 0.25) is 0 Å². The second-order valence-corrected chi connectivity index (χ2v) is 7.45. The largest absolute Gasteiger partial charge is 0.390 e. The number of H-pyrrole nitrogens is 1. The Morgan fingerprint density at radius 2 is 1.88 bits per heavy atom. The number of carbonyl (C=O) groups excluding carboxylic acids is 1. The SMILES string of the molecule is Cc1n[nH]c(C)c1C(C)N(C)C(=O)c1ccc(CCC(C)(C)O)cc1. The number of nitrogens with zero attached hydrogens (tertiary/aromatic N) is 2. The summed E-state index contributed by atoms with van der Waals surface area (Å²) >= 11 is 0. The van der Waals surface area contributed by atoms with Crippen molar-refractivity contribution in [1.82, 2.24) is 15.1 Å². The van der Waals surface area contributed by atoms with Gasteiger partial charge in [-0.15, -0.1) is 0 Å². The van der Waals surface area contributed by atoms with Crippen molar-refractivity contribution in [3.8, 4) is 0 Å². The molecule has 5 heteroatoms. The standard InChI is InChI=1S/C20H29N3O2/c1-13-18(14(2)22-21-13)15(3)23(6)19(24)17-9-7-16(8-10-17)11-12-20(4,5)25/h7-10,15,25H,11-12H2,1-6H3,(H,21,22). The van der Waals surface area contributed by atoms with Crippen LogP contribution in [0.2, 0.25) is 0 Å². The summed E-state index contributed by atoms with van der Waals surface area (Å²) in [5.41, 5.74) is 4.09. The van der Waals surface area contributed by atoms with Gasteiger partial charge in [0.05, 0.1) is 17.3 Å². The zero-order chi connectivity index (χ0) is 18.8. The van der Waals surface area contributed by atoms with E-state index in [1.165, 1.54) is 0 Å². The Morgan fingerprint density at radius 1 is 1.28 bits per heavy atom. The van der Waals surface area contributed by atoms with Crippen molar-refractivity contribution in [2.24, 2.45) is 0 Å². The fourth-order valence-electron chi connectivity index (χ4n) is 3.01. The van der Waals surface area contributed by atoms with Gasteiger partial charge in [-0.1, -0.05) is 12.1 Å². The number of aromatic nitrogens is 2. The molecule has 0 saturated heterocycles. The quantitative estimate of drug-likeness (QED) is 0.842. The lowest BCUT2D eigenvalue weighted by Crippen LogP contribution is -2.30. The summed E-state index contributed by atoms with van der Waals surface area (Å²) in [5.74, 6) is -0.0125. The lowest BCUT2D eigenvalue weighted by Gasteiger charge is -2.25. The van der Waals surface area contributed by atoms with Crippen LogP contribution < -0.4 is 0 Å². The summed E-state index contributed by atoms with van der Waals surface area (Å²) in [5, 5.41) is 17.0. The Kier molecular flexibility index (Phi) is 5.68. The molecule has 2 N–H and O–H groups in total. The monoisotopic (exact) mass is 343 g/mol. The average molecular weight is 343 g/mol. The van der Waals surface area contributed by atoms with E-state index < -0.39 is 5.60 Å². The van der Waals surface area contributed by atoms with E-state index >= 15 is 0 Å². The first-order chi connectivity index (χ1) is 11.6. The maximum atomic E-state index is 12.8. The van der Waals surface area contributed by atoms with Gasteiger partial charge >= 0.3 is 0 Å². The van der Waals surface area contributed by atoms with E-state index in [0.717, 1.165) is 28.9 Å². The van der Waals surface area contributed by atoms with Gasteiger partial charge in [-0.05, 0) is 65.2 Å². The van der Waals surface area contributed by atoms with Crippen molar-refractivity contribution in [3.05, 3.63) is 52.3 Å². The molecule has 1 aromatic carbocycles. The van der Waals surface area contributed by atoms with Crippen molar-refractivity contribution >= 4 is 5.91 Å². The van der Waals surface area contributed by atoms with Gasteiger partial charge in [0.15, 0.2) is 0 Å². The molecule has 0 radical (unpaired) electrons. The average Bonchev–Trinajstić information content (AvgIpc) is 2.89. The van der Waals surface area contributed by atoms with Gasteiger partial charge in [0.1, 0.15) is 0 Å². The van der Waals surface area contributed by atoms with Crippen molar-refractivity contribution in [3.63, 3.8) is 0 Å². The molecular weight excluding hydrogens is 314 g/mol. The molecule has 1 aromatic heterocycles. The van der Waals surface area contributed by atoms with E-state index in [1.54, 1.807) is 18.7 Å². The minimum atomic E-state index is -0.676. The summed E-state index contributed by atoms with van der Waals surface area (Å²) in [6, 6.07) is 7.60. The van der Waals surface area contributed by atoms with Crippen molar-refractivity contribution in [1.29, 1.82) is 0 Å². The summed E-state index contributed by atoms with van der Waals surface area (Å²) in [6.07, 6.45) is 1.48. The van der Waals surface area contributed by atoms with Crippen LogP contribution in [0.15, 0.2) is 24.3 Å². The molecule has 0 saturated carbocycles. The second-order valence-electron chi connectivity index (χ2n) is 7.45. The molecule has 1 unspecified atom stereocenters. The first-order valence-corrected chi connectivity index (χ1v) is 8.70. The number of hydrogen-bond acceptors (Lipinski definition) is 3. The van der Waals surface area contributed by atoms with Gasteiger partial charge in [-0.25, -0.2) is 0 Å². The first-order valence-electron chi connectivity index (χ1n) is 8.70. The van der Waals surface area contributed by atoms with Gasteiger partial charge < -0.3 is 10.0 Å². The van der Waals surface area contributed by atoms with Gasteiger partial charge in [-0.3, -0.25) is 9.89 Å². The number of aliphatic hydroxyl groups is 1. The van der Waals surface area contributed by atoms with Crippen LogP contribution in [0.25, 0.3) is 0 Å². The van der Waals surface area contributed by atoms with Crippen LogP contribution >= 0.6 is 0 Å². The van der Waals surface area contributed by atoms with Gasteiger partial charge in [-0.2, -0.15) is 5.10 Å². The summed E-state index contributed by atoms with van der Waals surface area (Å²) in [7, 11) is 1.82. The Morgan fingerprint density at radius 3 is 2.36 bits per heavy atom. The molecule has 5 nitrogen and oxygen atoms in total. The minimum absolute atomic E-state index is 0.0125. The highest BCUT2D eigenvalue weighted by molar-refractivity contribution is 5.94.